The minimum Gasteiger partial charge on any atom is -0.465 e. The fourth-order valence-corrected chi connectivity index (χ4v) is 3.36. The third-order valence-corrected chi connectivity index (χ3v) is 5.24. The lowest BCUT2D eigenvalue weighted by Gasteiger charge is -2.27. The molecule has 1 saturated heterocycles. The van der Waals surface area contributed by atoms with Gasteiger partial charge in [-0.2, -0.15) is 4.98 Å². The summed E-state index contributed by atoms with van der Waals surface area (Å²) < 4.78 is 6.06. The summed E-state index contributed by atoms with van der Waals surface area (Å²) in [7, 11) is 0. The van der Waals surface area contributed by atoms with Crippen molar-refractivity contribution in [3.63, 3.8) is 0 Å². The second kappa shape index (κ2) is 8.14. The van der Waals surface area contributed by atoms with Crippen LogP contribution < -0.4 is 9.80 Å². The van der Waals surface area contributed by atoms with Crippen molar-refractivity contribution in [1.29, 1.82) is 0 Å². The van der Waals surface area contributed by atoms with Crippen molar-refractivity contribution < 1.29 is 19.4 Å². The highest BCUT2D eigenvalue weighted by atomic mass is 79.9. The van der Waals surface area contributed by atoms with Crippen LogP contribution in [-0.2, 0) is 4.74 Å². The normalized spacial score (nSPS) is 17.5. The Morgan fingerprint density at radius 1 is 1.29 bits per heavy atom. The van der Waals surface area contributed by atoms with Gasteiger partial charge >= 0.3 is 12.2 Å². The minimum absolute atomic E-state index is 0.00243. The standard InChI is InChI=1S/C19H21BrN4O4/c1-11(2)15-10-28-19(27)24(15)16-8-9-21-17(22-16)23(18(25)26)12(3)13-4-6-14(20)7-5-13/h4-9,11-12,15H,10H2,1-3H3,(H,25,26). The lowest BCUT2D eigenvalue weighted by Crippen LogP contribution is -2.39. The Morgan fingerprint density at radius 2 is 1.96 bits per heavy atom. The van der Waals surface area contributed by atoms with Crippen LogP contribution >= 0.6 is 15.9 Å². The molecule has 1 N–H and O–H groups in total. The predicted molar refractivity (Wildman–Crippen MR) is 108 cm³/mol. The van der Waals surface area contributed by atoms with Gasteiger partial charge in [0.2, 0.25) is 5.95 Å². The molecule has 0 radical (unpaired) electrons. The Kier molecular flexibility index (Phi) is 5.83. The van der Waals surface area contributed by atoms with Gasteiger partial charge in [0.15, 0.2) is 0 Å². The van der Waals surface area contributed by atoms with Crippen molar-refractivity contribution in [2.24, 2.45) is 5.92 Å². The van der Waals surface area contributed by atoms with Crippen molar-refractivity contribution >= 4 is 39.9 Å². The number of nitrogens with zero attached hydrogens (tertiary/aromatic N) is 4. The number of amides is 2. The average molecular weight is 449 g/mol. The van der Waals surface area contributed by atoms with Crippen LogP contribution in [0.3, 0.4) is 0 Å². The van der Waals surface area contributed by atoms with Gasteiger partial charge in [0.1, 0.15) is 12.4 Å². The Morgan fingerprint density at radius 3 is 2.57 bits per heavy atom. The molecule has 9 heteroatoms. The van der Waals surface area contributed by atoms with Crippen LogP contribution in [0, 0.1) is 5.92 Å². The largest absolute Gasteiger partial charge is 0.465 e. The van der Waals surface area contributed by atoms with Crippen LogP contribution in [0.1, 0.15) is 32.4 Å². The van der Waals surface area contributed by atoms with Crippen molar-refractivity contribution in [1.82, 2.24) is 9.97 Å². The Hall–Kier alpha value is -2.68. The molecule has 28 heavy (non-hydrogen) atoms. The molecule has 0 bridgehead atoms. The molecule has 0 saturated carbocycles. The minimum atomic E-state index is -1.18. The molecule has 1 aliphatic heterocycles. The van der Waals surface area contributed by atoms with Gasteiger partial charge in [-0.25, -0.2) is 19.5 Å². The SMILES string of the molecule is CC(C)C1COC(=O)N1c1ccnc(N(C(=O)O)C(C)c2ccc(Br)cc2)n1. The first-order valence-corrected chi connectivity index (χ1v) is 9.65. The summed E-state index contributed by atoms with van der Waals surface area (Å²) in [6, 6.07) is 8.25. The van der Waals surface area contributed by atoms with E-state index >= 15 is 0 Å². The van der Waals surface area contributed by atoms with Gasteiger partial charge in [-0.05, 0) is 36.6 Å². The fourth-order valence-electron chi connectivity index (χ4n) is 3.09. The van der Waals surface area contributed by atoms with Gasteiger partial charge in [-0.1, -0.05) is 41.9 Å². The number of carbonyl (C=O) groups excluding carboxylic acids is 1. The first-order chi connectivity index (χ1) is 13.3. The summed E-state index contributed by atoms with van der Waals surface area (Å²) in [6.07, 6.45) is -0.228. The van der Waals surface area contributed by atoms with E-state index in [1.54, 1.807) is 13.0 Å². The van der Waals surface area contributed by atoms with Crippen LogP contribution in [0.15, 0.2) is 41.0 Å². The molecule has 1 aromatic heterocycles. The molecule has 2 aromatic rings. The molecule has 2 unspecified atom stereocenters. The van der Waals surface area contributed by atoms with E-state index in [0.717, 1.165) is 14.9 Å². The predicted octanol–water partition coefficient (Wildman–Crippen LogP) is 4.47. The lowest BCUT2D eigenvalue weighted by atomic mass is 10.0. The summed E-state index contributed by atoms with van der Waals surface area (Å²) in [5.41, 5.74) is 0.792. The number of ether oxygens (including phenoxy) is 1. The lowest BCUT2D eigenvalue weighted by molar-refractivity contribution is 0.177. The molecule has 1 aliphatic rings. The number of aromatic nitrogens is 2. The molecular weight excluding hydrogens is 428 g/mol. The summed E-state index contributed by atoms with van der Waals surface area (Å²) in [5.74, 6) is 0.477. The van der Waals surface area contributed by atoms with E-state index in [0.29, 0.717) is 5.82 Å². The molecule has 8 nitrogen and oxygen atoms in total. The molecule has 148 valence electrons. The zero-order valence-electron chi connectivity index (χ0n) is 15.7. The number of hydrogen-bond donors (Lipinski definition) is 1. The van der Waals surface area contributed by atoms with Gasteiger partial charge < -0.3 is 9.84 Å². The maximum Gasteiger partial charge on any atom is 0.415 e. The maximum absolute atomic E-state index is 12.2. The maximum atomic E-state index is 12.2. The average Bonchev–Trinajstić information content (AvgIpc) is 3.04. The van der Waals surface area contributed by atoms with E-state index in [-0.39, 0.29) is 24.5 Å². The molecule has 2 atom stereocenters. The van der Waals surface area contributed by atoms with E-state index in [2.05, 4.69) is 25.9 Å². The summed E-state index contributed by atoms with van der Waals surface area (Å²) in [5, 5.41) is 9.79. The topological polar surface area (TPSA) is 95.9 Å². The van der Waals surface area contributed by atoms with Gasteiger partial charge in [-0.3, -0.25) is 4.90 Å². The number of cyclic esters (lactones) is 1. The van der Waals surface area contributed by atoms with Crippen molar-refractivity contribution in [2.45, 2.75) is 32.9 Å². The number of carboxylic acid groups (broad SMARTS) is 1. The highest BCUT2D eigenvalue weighted by Crippen LogP contribution is 2.29. The molecule has 0 spiro atoms. The number of hydrogen-bond acceptors (Lipinski definition) is 5. The van der Waals surface area contributed by atoms with E-state index in [9.17, 15) is 14.7 Å². The highest BCUT2D eigenvalue weighted by Gasteiger charge is 2.37. The molecule has 3 rings (SSSR count). The molecular formula is C19H21BrN4O4. The quantitative estimate of drug-likeness (QED) is 0.724. The zero-order chi connectivity index (χ0) is 20.4. The van der Waals surface area contributed by atoms with Gasteiger partial charge in [0.25, 0.3) is 0 Å². The Balaban J connectivity index is 1.97. The van der Waals surface area contributed by atoms with Crippen molar-refractivity contribution in [3.8, 4) is 0 Å². The molecule has 0 aliphatic carbocycles. The van der Waals surface area contributed by atoms with Gasteiger partial charge in [-0.15, -0.1) is 0 Å². The molecule has 1 fully saturated rings. The van der Waals surface area contributed by atoms with E-state index in [1.165, 1.54) is 11.1 Å². The second-order valence-electron chi connectivity index (χ2n) is 6.85. The van der Waals surface area contributed by atoms with Gasteiger partial charge in [0, 0.05) is 10.7 Å². The van der Waals surface area contributed by atoms with Crippen LogP contribution in [0.25, 0.3) is 0 Å². The molecule has 2 heterocycles. The van der Waals surface area contributed by atoms with Crippen LogP contribution in [-0.4, -0.2) is 39.9 Å². The van der Waals surface area contributed by atoms with Gasteiger partial charge in [0.05, 0.1) is 12.1 Å². The van der Waals surface area contributed by atoms with Crippen molar-refractivity contribution in [2.75, 3.05) is 16.4 Å². The Bertz CT molecular complexity index is 874. The fraction of sp³-hybridized carbons (Fsp3) is 0.368. The smallest absolute Gasteiger partial charge is 0.415 e. The summed E-state index contributed by atoms with van der Waals surface area (Å²) in [6.45, 7) is 6.00. The first kappa shape index (κ1) is 20.1. The van der Waals surface area contributed by atoms with Crippen LogP contribution in [0.2, 0.25) is 0 Å². The monoisotopic (exact) mass is 448 g/mol. The number of carbonyl (C=O) groups is 2. The van der Waals surface area contributed by atoms with E-state index in [1.807, 2.05) is 38.1 Å². The Labute approximate surface area is 171 Å². The summed E-state index contributed by atoms with van der Waals surface area (Å²) in [4.78, 5) is 35.2. The first-order valence-electron chi connectivity index (χ1n) is 8.86. The molecule has 1 aromatic carbocycles. The number of benzene rings is 1. The van der Waals surface area contributed by atoms with E-state index < -0.39 is 18.2 Å². The number of rotatable bonds is 5. The van der Waals surface area contributed by atoms with E-state index in [4.69, 9.17) is 4.74 Å². The third kappa shape index (κ3) is 3.94. The van der Waals surface area contributed by atoms with Crippen molar-refractivity contribution in [3.05, 3.63) is 46.6 Å². The van der Waals surface area contributed by atoms with Crippen LogP contribution in [0.5, 0.6) is 0 Å². The number of halogens is 1. The highest BCUT2D eigenvalue weighted by molar-refractivity contribution is 9.10. The summed E-state index contributed by atoms with van der Waals surface area (Å²) >= 11 is 3.37. The molecule has 2 amide bonds. The number of anilines is 2. The zero-order valence-corrected chi connectivity index (χ0v) is 17.3. The van der Waals surface area contributed by atoms with Crippen LogP contribution in [0.4, 0.5) is 21.4 Å². The third-order valence-electron chi connectivity index (χ3n) is 4.71. The second-order valence-corrected chi connectivity index (χ2v) is 7.77.